The molecule has 3 rings (SSSR count). The van der Waals surface area contributed by atoms with Crippen LogP contribution in [0.25, 0.3) is 0 Å². The normalized spacial score (nSPS) is 17.4. The summed E-state index contributed by atoms with van der Waals surface area (Å²) in [7, 11) is 0. The van der Waals surface area contributed by atoms with Crippen LogP contribution in [0.4, 0.5) is 0 Å². The van der Waals surface area contributed by atoms with E-state index in [4.69, 9.17) is 11.6 Å². The Morgan fingerprint density at radius 3 is 2.64 bits per heavy atom. The smallest absolute Gasteiger partial charge is 0.225 e. The number of hydrogen-bond donors (Lipinski definition) is 2. The fourth-order valence-electron chi connectivity index (χ4n) is 3.49. The SMILES string of the molecule is CC(=O)NC(CC(=O)N1CCNCC1c1cccc(Cl)c1)c1ccccc1.Cl. The number of hydrogen-bond acceptors (Lipinski definition) is 3. The molecule has 2 unspecified atom stereocenters. The first-order chi connectivity index (χ1) is 13.0. The Kier molecular flexibility index (Phi) is 8.30. The second-order valence-corrected chi connectivity index (χ2v) is 7.17. The quantitative estimate of drug-likeness (QED) is 0.776. The average Bonchev–Trinajstić information content (AvgIpc) is 2.68. The Balaban J connectivity index is 0.00000280. The van der Waals surface area contributed by atoms with E-state index in [1.54, 1.807) is 0 Å². The molecule has 2 aromatic rings. The molecule has 0 aromatic heterocycles. The molecule has 0 bridgehead atoms. The third kappa shape index (κ3) is 5.71. The van der Waals surface area contributed by atoms with E-state index in [2.05, 4.69) is 10.6 Å². The van der Waals surface area contributed by atoms with Crippen LogP contribution in [0.2, 0.25) is 5.02 Å². The topological polar surface area (TPSA) is 61.4 Å². The highest BCUT2D eigenvalue weighted by Crippen LogP contribution is 2.27. The van der Waals surface area contributed by atoms with Crippen LogP contribution < -0.4 is 10.6 Å². The molecule has 2 atom stereocenters. The van der Waals surface area contributed by atoms with Crippen LogP contribution in [0.15, 0.2) is 54.6 Å². The Morgan fingerprint density at radius 1 is 1.21 bits per heavy atom. The van der Waals surface area contributed by atoms with E-state index in [1.165, 1.54) is 6.92 Å². The molecule has 0 saturated carbocycles. The van der Waals surface area contributed by atoms with Gasteiger partial charge < -0.3 is 15.5 Å². The highest BCUT2D eigenvalue weighted by molar-refractivity contribution is 6.30. The molecule has 2 N–H and O–H groups in total. The number of benzene rings is 2. The van der Waals surface area contributed by atoms with E-state index in [9.17, 15) is 9.59 Å². The molecular weight excluding hydrogens is 397 g/mol. The van der Waals surface area contributed by atoms with Crippen molar-refractivity contribution in [2.45, 2.75) is 25.4 Å². The van der Waals surface area contributed by atoms with Gasteiger partial charge in [-0.2, -0.15) is 0 Å². The number of nitrogens with zero attached hydrogens (tertiary/aromatic N) is 1. The Bertz CT molecular complexity index is 801. The van der Waals surface area contributed by atoms with Crippen molar-refractivity contribution < 1.29 is 9.59 Å². The van der Waals surface area contributed by atoms with Crippen LogP contribution in [-0.4, -0.2) is 36.3 Å². The lowest BCUT2D eigenvalue weighted by Crippen LogP contribution is -2.49. The Hall–Kier alpha value is -2.08. The molecular formula is C21H25Cl2N3O2. The highest BCUT2D eigenvalue weighted by Gasteiger charge is 2.30. The van der Waals surface area contributed by atoms with Gasteiger partial charge in [-0.1, -0.05) is 54.1 Å². The number of amides is 2. The fourth-order valence-corrected chi connectivity index (χ4v) is 3.69. The largest absolute Gasteiger partial charge is 0.349 e. The maximum Gasteiger partial charge on any atom is 0.225 e. The van der Waals surface area contributed by atoms with Gasteiger partial charge in [-0.15, -0.1) is 12.4 Å². The number of carbonyl (C=O) groups is 2. The number of piperazine rings is 1. The molecule has 1 heterocycles. The summed E-state index contributed by atoms with van der Waals surface area (Å²) in [6, 6.07) is 16.8. The molecule has 1 aliphatic rings. The predicted octanol–water partition coefficient (Wildman–Crippen LogP) is 3.50. The minimum Gasteiger partial charge on any atom is -0.349 e. The van der Waals surface area contributed by atoms with Crippen molar-refractivity contribution in [3.63, 3.8) is 0 Å². The molecule has 0 radical (unpaired) electrons. The van der Waals surface area contributed by atoms with Gasteiger partial charge in [0, 0.05) is 31.6 Å². The van der Waals surface area contributed by atoms with Crippen LogP contribution in [0.3, 0.4) is 0 Å². The van der Waals surface area contributed by atoms with Gasteiger partial charge in [-0.05, 0) is 23.3 Å². The van der Waals surface area contributed by atoms with Crippen molar-refractivity contribution in [2.75, 3.05) is 19.6 Å². The lowest BCUT2D eigenvalue weighted by atomic mass is 9.99. The first-order valence-electron chi connectivity index (χ1n) is 9.12. The number of nitrogens with one attached hydrogen (secondary N) is 2. The predicted molar refractivity (Wildman–Crippen MR) is 114 cm³/mol. The standard InChI is InChI=1S/C21H24ClN3O2.ClH/c1-15(26)24-19(16-6-3-2-4-7-16)13-21(27)25-11-10-23-14-20(25)17-8-5-9-18(22)12-17;/h2-9,12,19-20,23H,10-11,13-14H2,1H3,(H,24,26);1H. The summed E-state index contributed by atoms with van der Waals surface area (Å²) in [5, 5.41) is 6.91. The molecule has 150 valence electrons. The minimum absolute atomic E-state index is 0. The number of rotatable bonds is 5. The van der Waals surface area contributed by atoms with Crippen LogP contribution >= 0.6 is 24.0 Å². The first-order valence-corrected chi connectivity index (χ1v) is 9.50. The summed E-state index contributed by atoms with van der Waals surface area (Å²) in [4.78, 5) is 26.7. The van der Waals surface area contributed by atoms with E-state index in [-0.39, 0.29) is 42.7 Å². The maximum atomic E-state index is 13.1. The highest BCUT2D eigenvalue weighted by atomic mass is 35.5. The van der Waals surface area contributed by atoms with Gasteiger partial charge in [0.05, 0.1) is 18.5 Å². The van der Waals surface area contributed by atoms with Crippen molar-refractivity contribution >= 4 is 35.8 Å². The first kappa shape index (κ1) is 22.2. The number of carbonyl (C=O) groups excluding carboxylic acids is 2. The molecule has 2 aromatic carbocycles. The van der Waals surface area contributed by atoms with Gasteiger partial charge in [-0.25, -0.2) is 0 Å². The van der Waals surface area contributed by atoms with Crippen molar-refractivity contribution in [1.29, 1.82) is 0 Å². The Morgan fingerprint density at radius 2 is 1.96 bits per heavy atom. The summed E-state index contributed by atoms with van der Waals surface area (Å²) < 4.78 is 0. The van der Waals surface area contributed by atoms with E-state index >= 15 is 0 Å². The van der Waals surface area contributed by atoms with Gasteiger partial charge in [0.2, 0.25) is 11.8 Å². The van der Waals surface area contributed by atoms with Gasteiger partial charge >= 0.3 is 0 Å². The van der Waals surface area contributed by atoms with Crippen molar-refractivity contribution in [1.82, 2.24) is 15.5 Å². The summed E-state index contributed by atoms with van der Waals surface area (Å²) in [5.74, 6) is -0.132. The van der Waals surface area contributed by atoms with E-state index in [0.717, 1.165) is 17.7 Å². The second-order valence-electron chi connectivity index (χ2n) is 6.73. The number of halogens is 2. The molecule has 0 aliphatic carbocycles. The summed E-state index contributed by atoms with van der Waals surface area (Å²) in [5.41, 5.74) is 1.94. The lowest BCUT2D eigenvalue weighted by molar-refractivity contribution is -0.135. The zero-order valence-corrected chi connectivity index (χ0v) is 17.3. The maximum absolute atomic E-state index is 13.1. The molecule has 7 heteroatoms. The Labute approximate surface area is 176 Å². The van der Waals surface area contributed by atoms with Crippen molar-refractivity contribution in [2.24, 2.45) is 0 Å². The molecule has 28 heavy (non-hydrogen) atoms. The molecule has 0 spiro atoms. The summed E-state index contributed by atoms with van der Waals surface area (Å²) in [6.07, 6.45) is 0.223. The van der Waals surface area contributed by atoms with Crippen LogP contribution in [0, 0.1) is 0 Å². The molecule has 5 nitrogen and oxygen atoms in total. The average molecular weight is 422 g/mol. The fraction of sp³-hybridized carbons (Fsp3) is 0.333. The molecule has 1 aliphatic heterocycles. The van der Waals surface area contributed by atoms with Gasteiger partial charge in [-0.3, -0.25) is 9.59 Å². The zero-order chi connectivity index (χ0) is 19.2. The van der Waals surface area contributed by atoms with Crippen LogP contribution in [0.5, 0.6) is 0 Å². The third-order valence-corrected chi connectivity index (χ3v) is 4.99. The third-order valence-electron chi connectivity index (χ3n) is 4.76. The lowest BCUT2D eigenvalue weighted by Gasteiger charge is -2.37. The van der Waals surface area contributed by atoms with E-state index < -0.39 is 0 Å². The molecule has 2 amide bonds. The van der Waals surface area contributed by atoms with Gasteiger partial charge in [0.25, 0.3) is 0 Å². The second kappa shape index (κ2) is 10.5. The van der Waals surface area contributed by atoms with Crippen LogP contribution in [-0.2, 0) is 9.59 Å². The molecule has 1 saturated heterocycles. The summed E-state index contributed by atoms with van der Waals surface area (Å²) >= 11 is 6.14. The van der Waals surface area contributed by atoms with Gasteiger partial charge in [0.15, 0.2) is 0 Å². The van der Waals surface area contributed by atoms with Gasteiger partial charge in [0.1, 0.15) is 0 Å². The van der Waals surface area contributed by atoms with Crippen molar-refractivity contribution in [3.8, 4) is 0 Å². The van der Waals surface area contributed by atoms with Crippen LogP contribution in [0.1, 0.15) is 36.6 Å². The van der Waals surface area contributed by atoms with E-state index in [1.807, 2.05) is 59.5 Å². The van der Waals surface area contributed by atoms with E-state index in [0.29, 0.717) is 18.1 Å². The molecule has 1 fully saturated rings. The monoisotopic (exact) mass is 421 g/mol. The minimum atomic E-state index is -0.342. The van der Waals surface area contributed by atoms with Crippen molar-refractivity contribution in [3.05, 3.63) is 70.7 Å². The zero-order valence-electron chi connectivity index (χ0n) is 15.7. The summed E-state index contributed by atoms with van der Waals surface area (Å²) in [6.45, 7) is 3.53.